The van der Waals surface area contributed by atoms with Gasteiger partial charge in [0.15, 0.2) is 0 Å². The highest BCUT2D eigenvalue weighted by atomic mass is 35.5. The number of ether oxygens (including phenoxy) is 1. The van der Waals surface area contributed by atoms with E-state index in [0.29, 0.717) is 13.1 Å². The number of halogens is 1. The molecule has 134 valence electrons. The Hall–Kier alpha value is -1.76. The number of rotatable bonds is 3. The van der Waals surface area contributed by atoms with Crippen LogP contribution in [0.15, 0.2) is 12.4 Å². The molecule has 2 amide bonds. The van der Waals surface area contributed by atoms with E-state index in [-0.39, 0.29) is 17.9 Å². The number of alkyl carbamates (subject to hydrolysis) is 1. The molecule has 3 atom stereocenters. The zero-order chi connectivity index (χ0) is 18.1. The SMILES string of the molecule is CC(Cl)C(=O)N1C[C@@H](NC(=O)OC(C)(C)C)[C@H](c2cnn(C)c2)C1. The fraction of sp³-hybridized carbons (Fsp3) is 0.688. The van der Waals surface area contributed by atoms with Gasteiger partial charge in [0, 0.05) is 32.3 Å². The maximum Gasteiger partial charge on any atom is 0.407 e. The van der Waals surface area contributed by atoms with Crippen molar-refractivity contribution in [3.05, 3.63) is 18.0 Å². The van der Waals surface area contributed by atoms with Crippen LogP contribution in [-0.4, -0.2) is 56.8 Å². The van der Waals surface area contributed by atoms with Gasteiger partial charge in [0.05, 0.1) is 12.2 Å². The fourth-order valence-electron chi connectivity index (χ4n) is 2.81. The third-order valence-corrected chi connectivity index (χ3v) is 4.01. The van der Waals surface area contributed by atoms with Crippen molar-refractivity contribution >= 4 is 23.6 Å². The second-order valence-electron chi connectivity index (χ2n) is 7.17. The highest BCUT2D eigenvalue weighted by Gasteiger charge is 2.39. The van der Waals surface area contributed by atoms with Crippen LogP contribution < -0.4 is 5.32 Å². The fourth-order valence-corrected chi connectivity index (χ4v) is 2.95. The molecule has 0 aromatic carbocycles. The third kappa shape index (κ3) is 4.63. The first kappa shape index (κ1) is 18.6. The van der Waals surface area contributed by atoms with Gasteiger partial charge >= 0.3 is 6.09 Å². The summed E-state index contributed by atoms with van der Waals surface area (Å²) in [6.45, 7) is 7.97. The monoisotopic (exact) mass is 356 g/mol. The minimum Gasteiger partial charge on any atom is -0.444 e. The molecule has 7 nitrogen and oxygen atoms in total. The number of aromatic nitrogens is 2. The minimum absolute atomic E-state index is 0.0504. The van der Waals surface area contributed by atoms with Gasteiger partial charge in [0.1, 0.15) is 11.0 Å². The number of carbonyl (C=O) groups is 2. The number of nitrogens with one attached hydrogen (secondary N) is 1. The second-order valence-corrected chi connectivity index (χ2v) is 7.82. The predicted octanol–water partition coefficient (Wildman–Crippen LogP) is 1.87. The Morgan fingerprint density at radius 2 is 2.08 bits per heavy atom. The molecule has 24 heavy (non-hydrogen) atoms. The van der Waals surface area contributed by atoms with E-state index in [1.54, 1.807) is 22.7 Å². The maximum absolute atomic E-state index is 12.2. The molecule has 2 rings (SSSR count). The van der Waals surface area contributed by atoms with E-state index in [0.717, 1.165) is 5.56 Å². The smallest absolute Gasteiger partial charge is 0.407 e. The summed E-state index contributed by atoms with van der Waals surface area (Å²) < 4.78 is 7.03. The number of aryl methyl sites for hydroxylation is 1. The van der Waals surface area contributed by atoms with E-state index in [1.165, 1.54) is 0 Å². The molecule has 8 heteroatoms. The van der Waals surface area contributed by atoms with E-state index >= 15 is 0 Å². The molecule has 1 aromatic rings. The number of likely N-dealkylation sites (tertiary alicyclic amines) is 1. The van der Waals surface area contributed by atoms with Crippen molar-refractivity contribution in [2.75, 3.05) is 13.1 Å². The number of amides is 2. The Morgan fingerprint density at radius 3 is 2.58 bits per heavy atom. The van der Waals surface area contributed by atoms with Crippen LogP contribution in [0.2, 0.25) is 0 Å². The molecule has 1 N–H and O–H groups in total. The molecule has 0 spiro atoms. The van der Waals surface area contributed by atoms with Crippen molar-refractivity contribution in [2.45, 2.75) is 50.6 Å². The molecule has 0 bridgehead atoms. The standard InChI is InChI=1S/C16H25ClN4O3/c1-10(17)14(22)21-8-12(11-6-18-20(5)7-11)13(9-21)19-15(23)24-16(2,3)4/h6-7,10,12-13H,8-9H2,1-5H3,(H,19,23)/t10?,12-,13+/m0/s1. The van der Waals surface area contributed by atoms with Gasteiger partial charge in [0.25, 0.3) is 0 Å². The largest absolute Gasteiger partial charge is 0.444 e. The Bertz CT molecular complexity index is 609. The molecule has 1 fully saturated rings. The van der Waals surface area contributed by atoms with Gasteiger partial charge in [-0.2, -0.15) is 5.10 Å². The average Bonchev–Trinajstić information content (AvgIpc) is 3.01. The first-order valence-electron chi connectivity index (χ1n) is 7.97. The molecule has 0 aliphatic carbocycles. The van der Waals surface area contributed by atoms with Crippen LogP contribution in [-0.2, 0) is 16.6 Å². The number of hydrogen-bond donors (Lipinski definition) is 1. The van der Waals surface area contributed by atoms with Crippen LogP contribution >= 0.6 is 11.6 Å². The molecular weight excluding hydrogens is 332 g/mol. The van der Waals surface area contributed by atoms with E-state index in [4.69, 9.17) is 16.3 Å². The highest BCUT2D eigenvalue weighted by molar-refractivity contribution is 6.30. The first-order valence-corrected chi connectivity index (χ1v) is 8.41. The Balaban J connectivity index is 2.15. The molecule has 1 unspecified atom stereocenters. The average molecular weight is 357 g/mol. The van der Waals surface area contributed by atoms with Crippen LogP contribution in [0.3, 0.4) is 0 Å². The Kier molecular flexibility index (Phi) is 5.42. The second kappa shape index (κ2) is 7.01. The zero-order valence-electron chi connectivity index (χ0n) is 14.7. The molecular formula is C16H25ClN4O3. The normalized spacial score (nSPS) is 22.3. The summed E-state index contributed by atoms with van der Waals surface area (Å²) in [5.74, 6) is -0.190. The number of carbonyl (C=O) groups excluding carboxylic acids is 2. The summed E-state index contributed by atoms with van der Waals surface area (Å²) in [5.41, 5.74) is 0.392. The van der Waals surface area contributed by atoms with Gasteiger partial charge in [-0.1, -0.05) is 0 Å². The van der Waals surface area contributed by atoms with Crippen LogP contribution in [0.4, 0.5) is 4.79 Å². The van der Waals surface area contributed by atoms with E-state index < -0.39 is 17.1 Å². The minimum atomic E-state index is -0.597. The van der Waals surface area contributed by atoms with Gasteiger partial charge < -0.3 is 15.0 Å². The van der Waals surface area contributed by atoms with Crippen molar-refractivity contribution in [3.63, 3.8) is 0 Å². The van der Waals surface area contributed by atoms with Crippen LogP contribution in [0, 0.1) is 0 Å². The molecule has 1 aliphatic heterocycles. The van der Waals surface area contributed by atoms with Crippen molar-refractivity contribution in [3.8, 4) is 0 Å². The summed E-state index contributed by atoms with van der Waals surface area (Å²) in [6, 6.07) is -0.247. The summed E-state index contributed by atoms with van der Waals surface area (Å²) in [7, 11) is 1.83. The molecule has 2 heterocycles. The zero-order valence-corrected chi connectivity index (χ0v) is 15.5. The number of hydrogen-bond acceptors (Lipinski definition) is 4. The molecule has 0 saturated carbocycles. The van der Waals surface area contributed by atoms with E-state index in [1.807, 2.05) is 34.0 Å². The summed E-state index contributed by atoms with van der Waals surface area (Å²) in [4.78, 5) is 26.0. The lowest BCUT2D eigenvalue weighted by atomic mass is 9.97. The number of alkyl halides is 1. The van der Waals surface area contributed by atoms with Crippen molar-refractivity contribution in [1.29, 1.82) is 0 Å². The Morgan fingerprint density at radius 1 is 1.42 bits per heavy atom. The first-order chi connectivity index (χ1) is 11.1. The van der Waals surface area contributed by atoms with E-state index in [9.17, 15) is 9.59 Å². The lowest BCUT2D eigenvalue weighted by Crippen LogP contribution is -2.43. The van der Waals surface area contributed by atoms with Crippen molar-refractivity contribution in [2.24, 2.45) is 7.05 Å². The lowest BCUT2D eigenvalue weighted by Gasteiger charge is -2.23. The number of nitrogens with zero attached hydrogens (tertiary/aromatic N) is 3. The van der Waals surface area contributed by atoms with Crippen LogP contribution in [0.5, 0.6) is 0 Å². The van der Waals surface area contributed by atoms with Gasteiger partial charge in [-0.15, -0.1) is 11.6 Å². The van der Waals surface area contributed by atoms with Gasteiger partial charge in [-0.25, -0.2) is 4.79 Å². The summed E-state index contributed by atoms with van der Waals surface area (Å²) in [6.07, 6.45) is 3.16. The topological polar surface area (TPSA) is 76.5 Å². The Labute approximate surface area is 147 Å². The van der Waals surface area contributed by atoms with Crippen molar-refractivity contribution < 1.29 is 14.3 Å². The third-order valence-electron chi connectivity index (χ3n) is 3.83. The molecule has 1 aliphatic rings. The van der Waals surface area contributed by atoms with Crippen LogP contribution in [0.1, 0.15) is 39.2 Å². The van der Waals surface area contributed by atoms with Gasteiger partial charge in [0.2, 0.25) is 5.91 Å². The summed E-state index contributed by atoms with van der Waals surface area (Å²) in [5, 5.41) is 6.47. The molecule has 1 saturated heterocycles. The van der Waals surface area contributed by atoms with Gasteiger partial charge in [-0.05, 0) is 33.3 Å². The summed E-state index contributed by atoms with van der Waals surface area (Å²) >= 11 is 5.93. The quantitative estimate of drug-likeness (QED) is 0.839. The van der Waals surface area contributed by atoms with Gasteiger partial charge in [-0.3, -0.25) is 9.48 Å². The van der Waals surface area contributed by atoms with Crippen LogP contribution in [0.25, 0.3) is 0 Å². The van der Waals surface area contributed by atoms with Crippen molar-refractivity contribution in [1.82, 2.24) is 20.0 Å². The molecule has 1 aromatic heterocycles. The highest BCUT2D eigenvalue weighted by Crippen LogP contribution is 2.28. The lowest BCUT2D eigenvalue weighted by molar-refractivity contribution is -0.129. The van der Waals surface area contributed by atoms with E-state index in [2.05, 4.69) is 10.4 Å². The molecule has 0 radical (unpaired) electrons. The maximum atomic E-state index is 12.2. The predicted molar refractivity (Wildman–Crippen MR) is 91.0 cm³/mol.